The fourth-order valence-corrected chi connectivity index (χ4v) is 4.25. The molecule has 1 aromatic heterocycles. The number of carbonyl (C=O) groups is 1. The van der Waals surface area contributed by atoms with Crippen molar-refractivity contribution in [1.29, 1.82) is 0 Å². The van der Waals surface area contributed by atoms with Crippen LogP contribution in [0.25, 0.3) is 22.0 Å². The molecular formula is C20H18N2O6S. The largest absolute Gasteiger partial charge is 0.493 e. The van der Waals surface area contributed by atoms with Gasteiger partial charge in [-0.05, 0) is 12.1 Å². The quantitative estimate of drug-likeness (QED) is 0.529. The van der Waals surface area contributed by atoms with Crippen molar-refractivity contribution in [2.75, 3.05) is 20.0 Å². The number of hydrogen-bond acceptors (Lipinski definition) is 6. The van der Waals surface area contributed by atoms with Gasteiger partial charge in [0.2, 0.25) is 10.0 Å². The predicted octanol–water partition coefficient (Wildman–Crippen LogP) is 1.52. The molecule has 3 aromatic rings. The highest BCUT2D eigenvalue weighted by Crippen LogP contribution is 2.42. The fraction of sp³-hybridized carbons (Fsp3) is 0.200. The number of hydrogen-bond donors (Lipinski definition) is 1. The molecule has 0 spiro atoms. The van der Waals surface area contributed by atoms with Crippen molar-refractivity contribution in [3.63, 3.8) is 0 Å². The third-order valence-electron chi connectivity index (χ3n) is 5.03. The summed E-state index contributed by atoms with van der Waals surface area (Å²) in [7, 11) is -0.990. The molecule has 8 nitrogen and oxygen atoms in total. The maximum absolute atomic E-state index is 13.4. The number of aromatic nitrogens is 1. The van der Waals surface area contributed by atoms with Crippen molar-refractivity contribution in [3.05, 3.63) is 57.9 Å². The first kappa shape index (κ1) is 19.2. The van der Waals surface area contributed by atoms with E-state index < -0.39 is 21.3 Å². The second-order valence-corrected chi connectivity index (χ2v) is 8.38. The van der Waals surface area contributed by atoms with Gasteiger partial charge in [-0.1, -0.05) is 24.3 Å². The van der Waals surface area contributed by atoms with Crippen molar-refractivity contribution < 1.29 is 22.7 Å². The van der Waals surface area contributed by atoms with E-state index in [2.05, 4.69) is 0 Å². The van der Waals surface area contributed by atoms with Crippen LogP contribution in [0.15, 0.2) is 41.2 Å². The standard InChI is InChI=1S/C20H18N2O6S/c1-27-14-8-7-13-15-17(11-5-3-4-6-12(11)18(15)23)22(9-10-29(21,25)26)20(24)16(13)19(14)28-2/h3-8H,9-10H2,1-2H3,(H2,21,25,26). The first-order valence-corrected chi connectivity index (χ1v) is 10.5. The van der Waals surface area contributed by atoms with Gasteiger partial charge in [-0.2, -0.15) is 0 Å². The van der Waals surface area contributed by atoms with Crippen LogP contribution in [-0.4, -0.2) is 38.7 Å². The lowest BCUT2D eigenvalue weighted by Gasteiger charge is -2.17. The van der Waals surface area contributed by atoms with Crippen molar-refractivity contribution >= 4 is 26.6 Å². The van der Waals surface area contributed by atoms with Crippen molar-refractivity contribution in [2.24, 2.45) is 5.14 Å². The molecular weight excluding hydrogens is 396 g/mol. The molecule has 0 saturated heterocycles. The molecule has 0 saturated carbocycles. The number of sulfonamides is 1. The Balaban J connectivity index is 2.17. The van der Waals surface area contributed by atoms with Gasteiger partial charge in [0.15, 0.2) is 17.3 Å². The van der Waals surface area contributed by atoms with E-state index in [0.717, 1.165) is 0 Å². The summed E-state index contributed by atoms with van der Waals surface area (Å²) in [5.74, 6) is -0.172. The summed E-state index contributed by atoms with van der Waals surface area (Å²) in [6.45, 7) is -0.197. The summed E-state index contributed by atoms with van der Waals surface area (Å²) >= 11 is 0. The Labute approximate surface area is 166 Å². The van der Waals surface area contributed by atoms with Crippen LogP contribution in [0.1, 0.15) is 15.9 Å². The monoisotopic (exact) mass is 414 g/mol. The van der Waals surface area contributed by atoms with Crippen LogP contribution in [0.3, 0.4) is 0 Å². The Morgan fingerprint density at radius 1 is 1.00 bits per heavy atom. The van der Waals surface area contributed by atoms with E-state index >= 15 is 0 Å². The molecule has 150 valence electrons. The molecule has 2 N–H and O–H groups in total. The highest BCUT2D eigenvalue weighted by Gasteiger charge is 2.33. The maximum Gasteiger partial charge on any atom is 0.262 e. The van der Waals surface area contributed by atoms with Gasteiger partial charge in [-0.25, -0.2) is 13.6 Å². The summed E-state index contributed by atoms with van der Waals surface area (Å²) < 4.78 is 35.1. The molecule has 29 heavy (non-hydrogen) atoms. The molecule has 0 amide bonds. The number of benzene rings is 2. The van der Waals surface area contributed by atoms with Gasteiger partial charge < -0.3 is 14.0 Å². The number of methoxy groups -OCH3 is 2. The molecule has 1 heterocycles. The Hall–Kier alpha value is -3.17. The lowest BCUT2D eigenvalue weighted by molar-refractivity contribution is 0.104. The zero-order valence-corrected chi connectivity index (χ0v) is 16.6. The van der Waals surface area contributed by atoms with Crippen molar-refractivity contribution in [1.82, 2.24) is 4.57 Å². The fourth-order valence-electron chi connectivity index (χ4n) is 3.81. The van der Waals surface area contributed by atoms with Crippen LogP contribution in [0.4, 0.5) is 0 Å². The van der Waals surface area contributed by atoms with E-state index in [0.29, 0.717) is 33.5 Å². The van der Waals surface area contributed by atoms with Crippen molar-refractivity contribution in [2.45, 2.75) is 6.54 Å². The molecule has 9 heteroatoms. The minimum absolute atomic E-state index is 0.154. The van der Waals surface area contributed by atoms with Gasteiger partial charge in [0, 0.05) is 23.1 Å². The van der Waals surface area contributed by atoms with Crippen LogP contribution in [-0.2, 0) is 16.6 Å². The van der Waals surface area contributed by atoms with E-state index in [9.17, 15) is 18.0 Å². The first-order valence-electron chi connectivity index (χ1n) is 8.74. The third-order valence-corrected chi connectivity index (χ3v) is 5.79. The van der Waals surface area contributed by atoms with E-state index in [1.165, 1.54) is 18.8 Å². The average molecular weight is 414 g/mol. The van der Waals surface area contributed by atoms with Crippen LogP contribution >= 0.6 is 0 Å². The Bertz CT molecular complexity index is 1340. The third kappa shape index (κ3) is 2.90. The molecule has 2 aromatic carbocycles. The minimum Gasteiger partial charge on any atom is -0.493 e. The number of rotatable bonds is 5. The second-order valence-electron chi connectivity index (χ2n) is 6.65. The molecule has 0 aliphatic heterocycles. The second kappa shape index (κ2) is 6.71. The van der Waals surface area contributed by atoms with Gasteiger partial charge in [-0.15, -0.1) is 0 Å². The summed E-state index contributed by atoms with van der Waals surface area (Å²) in [4.78, 5) is 26.6. The number of nitrogens with two attached hydrogens (primary N) is 1. The van der Waals surface area contributed by atoms with Crippen LogP contribution in [0.5, 0.6) is 11.5 Å². The van der Waals surface area contributed by atoms with E-state index in [-0.39, 0.29) is 23.5 Å². The zero-order chi connectivity index (χ0) is 20.9. The molecule has 0 unspecified atom stereocenters. The predicted molar refractivity (Wildman–Crippen MR) is 108 cm³/mol. The van der Waals surface area contributed by atoms with E-state index in [1.807, 2.05) is 0 Å². The minimum atomic E-state index is -3.83. The Morgan fingerprint density at radius 2 is 1.69 bits per heavy atom. The first-order chi connectivity index (χ1) is 13.8. The van der Waals surface area contributed by atoms with Gasteiger partial charge in [0.05, 0.1) is 36.6 Å². The van der Waals surface area contributed by atoms with E-state index in [4.69, 9.17) is 14.6 Å². The topological polar surface area (TPSA) is 118 Å². The SMILES string of the molecule is COc1ccc2c3c(n(CCS(N)(=O)=O)c(=O)c2c1OC)-c1ccccc1C3=O. The summed E-state index contributed by atoms with van der Waals surface area (Å²) in [5, 5.41) is 5.74. The normalized spacial score (nSPS) is 12.7. The highest BCUT2D eigenvalue weighted by atomic mass is 32.2. The van der Waals surface area contributed by atoms with Crippen LogP contribution in [0.2, 0.25) is 0 Å². The molecule has 0 radical (unpaired) electrons. The number of ether oxygens (including phenoxy) is 2. The lowest BCUT2D eigenvalue weighted by atomic mass is 10.0. The van der Waals surface area contributed by atoms with Gasteiger partial charge >= 0.3 is 0 Å². The molecule has 0 bridgehead atoms. The smallest absolute Gasteiger partial charge is 0.262 e. The lowest BCUT2D eigenvalue weighted by Crippen LogP contribution is -2.29. The van der Waals surface area contributed by atoms with E-state index in [1.54, 1.807) is 36.4 Å². The maximum atomic E-state index is 13.4. The molecule has 0 atom stereocenters. The highest BCUT2D eigenvalue weighted by molar-refractivity contribution is 7.89. The summed E-state index contributed by atoms with van der Waals surface area (Å²) in [5.41, 5.74) is 1.27. The average Bonchev–Trinajstić information content (AvgIpc) is 2.99. The van der Waals surface area contributed by atoms with Gasteiger partial charge in [-0.3, -0.25) is 9.59 Å². The molecule has 0 fully saturated rings. The molecule has 1 aliphatic carbocycles. The number of fused-ring (bicyclic) bond motifs is 5. The van der Waals surface area contributed by atoms with Crippen LogP contribution < -0.4 is 20.2 Å². The summed E-state index contributed by atoms with van der Waals surface area (Å²) in [6, 6.07) is 10.2. The number of nitrogens with zero attached hydrogens (tertiary/aromatic N) is 1. The Morgan fingerprint density at radius 3 is 2.31 bits per heavy atom. The number of pyridine rings is 1. The van der Waals surface area contributed by atoms with Crippen LogP contribution in [0, 0.1) is 0 Å². The summed E-state index contributed by atoms with van der Waals surface area (Å²) in [6.07, 6.45) is 0. The number of primary sulfonamides is 1. The molecule has 4 rings (SSSR count). The van der Waals surface area contributed by atoms with Crippen molar-refractivity contribution in [3.8, 4) is 22.8 Å². The number of carbonyl (C=O) groups excluding carboxylic acids is 1. The molecule has 1 aliphatic rings. The zero-order valence-electron chi connectivity index (χ0n) is 15.8. The van der Waals surface area contributed by atoms with Gasteiger partial charge in [0.25, 0.3) is 5.56 Å². The number of ketones is 1. The van der Waals surface area contributed by atoms with Gasteiger partial charge in [0.1, 0.15) is 0 Å². The Kier molecular flexibility index (Phi) is 4.44.